The van der Waals surface area contributed by atoms with Crippen molar-refractivity contribution in [1.29, 1.82) is 0 Å². The molecule has 2 atom stereocenters. The fraction of sp³-hybridized carbons (Fsp3) is 0.955. The molecule has 0 aliphatic rings. The smallest absolute Gasteiger partial charge is 0.462 e. The first kappa shape index (κ1) is 18.9. The maximum atomic E-state index is 13.7. The summed E-state index contributed by atoms with van der Waals surface area (Å²) in [6.07, 6.45) is -68.8. The van der Waals surface area contributed by atoms with Gasteiger partial charge in [-0.15, -0.1) is 0 Å². The van der Waals surface area contributed by atoms with Gasteiger partial charge in [0, 0.05) is 60.8 Å². The average molecular weight is 826 g/mol. The largest absolute Gasteiger partial charge is 0.472 e. The summed E-state index contributed by atoms with van der Waals surface area (Å²) in [5, 5.41) is 0. The zero-order valence-electron chi connectivity index (χ0n) is 67.4. The van der Waals surface area contributed by atoms with Gasteiger partial charge in [-0.3, -0.25) is 18.6 Å². The lowest BCUT2D eigenvalue weighted by atomic mass is 10.0. The summed E-state index contributed by atoms with van der Waals surface area (Å²) in [6, 6.07) is 0. The lowest BCUT2D eigenvalue weighted by molar-refractivity contribution is -0.870. The Morgan fingerprint density at radius 1 is 0.630 bits per heavy atom. The van der Waals surface area contributed by atoms with E-state index in [1.54, 1.807) is 21.1 Å². The predicted octanol–water partition coefficient (Wildman–Crippen LogP) is 12.8. The highest BCUT2D eigenvalue weighted by Gasteiger charge is 2.27. The Kier molecular flexibility index (Phi) is 13.2. The minimum absolute atomic E-state index is 0.118. The molecule has 1 unspecified atom stereocenters. The highest BCUT2D eigenvalue weighted by atomic mass is 31.2. The number of carbonyl (C=O) groups excluding carboxylic acids is 2. The highest BCUT2D eigenvalue weighted by Crippen LogP contribution is 2.43. The molecule has 0 aromatic carbocycles. The van der Waals surface area contributed by atoms with Gasteiger partial charge in [-0.1, -0.05) is 193 Å². The molecule has 54 heavy (non-hydrogen) atoms. The van der Waals surface area contributed by atoms with Crippen LogP contribution in [-0.4, -0.2) is 74.9 Å². The number of esters is 2. The van der Waals surface area contributed by atoms with Crippen molar-refractivity contribution in [2.45, 2.75) is 225 Å². The average Bonchev–Trinajstić information content (AvgIpc) is 0.690. The van der Waals surface area contributed by atoms with Crippen LogP contribution in [-0.2, 0) is 32.7 Å². The summed E-state index contributed by atoms with van der Waals surface area (Å²) >= 11 is 0. The second-order valence-corrected chi connectivity index (χ2v) is 14.5. The van der Waals surface area contributed by atoms with Crippen molar-refractivity contribution >= 4 is 19.8 Å². The van der Waals surface area contributed by atoms with Crippen molar-refractivity contribution in [3.63, 3.8) is 0 Å². The number of hydrogen-bond donors (Lipinski definition) is 1. The molecule has 0 fully saturated rings. The van der Waals surface area contributed by atoms with Crippen LogP contribution in [0.2, 0.25) is 0 Å². The molecule has 0 heterocycles. The van der Waals surface area contributed by atoms with Crippen LogP contribution < -0.4 is 0 Å². The zero-order chi connectivity index (χ0) is 71.2. The molecule has 1 N–H and O–H groups in total. The molecule has 0 saturated carbocycles. The van der Waals surface area contributed by atoms with E-state index in [0.717, 1.165) is 38.5 Å². The SMILES string of the molecule is [2H]C([2H])([2H])C([2H])([2H])C([2H])([2H])C([2H])([2H])C([2H])([2H])C([2H])([2H])C([2H])([2H])C([2H])([2H])C([2H])([2H])C([2H])([2H])C([2H])([2H])C([2H])([2H])C([2H])([2H])C([2H])([2H])C([2H])([2H])C([2H])([2H])C([2H])([2H])C(=O)O[C@H](COC(=O)CCCCCCCCCCCCCCCCC)COP(=O)(O)OCC[N+](C)(C)C. The van der Waals surface area contributed by atoms with E-state index in [1.807, 2.05) is 0 Å². The number of phosphoric ester groups is 1. The fourth-order valence-corrected chi connectivity index (χ4v) is 5.07. The van der Waals surface area contributed by atoms with Crippen molar-refractivity contribution in [3.8, 4) is 0 Å². The van der Waals surface area contributed by atoms with Gasteiger partial charge in [0.1, 0.15) is 19.8 Å². The number of phosphoric acid groups is 1. The second kappa shape index (κ2) is 37.6. The van der Waals surface area contributed by atoms with Gasteiger partial charge in [0.25, 0.3) is 0 Å². The first-order chi connectivity index (χ1) is 39.2. The van der Waals surface area contributed by atoms with Gasteiger partial charge >= 0.3 is 19.8 Å². The molecule has 0 rings (SSSR count). The molecule has 0 aromatic rings. The maximum Gasteiger partial charge on any atom is 0.472 e. The van der Waals surface area contributed by atoms with Crippen LogP contribution >= 0.6 is 7.82 Å². The van der Waals surface area contributed by atoms with E-state index in [-0.39, 0.29) is 17.4 Å². The standard InChI is InChI=1S/C44H88NO8P/c1-6-8-10-12-14-16-18-20-22-24-26-28-30-32-34-36-43(46)50-40-42(41-52-54(48,49)51-39-38-45(3,4)5)53-44(47)37-35-33-31-29-27-25-23-21-19-17-15-13-11-9-7-2/h42H,6-41H2,1-5H3/p+1/t42-/m1/s1/i2D3,7D2,9D2,11D2,13D2,15D2,17D2,19D2,21D2,23D2,25D2,27D2,29D2,31D2,33D2,35D2,37D2. The van der Waals surface area contributed by atoms with E-state index in [1.165, 1.54) is 44.9 Å². The molecule has 0 radical (unpaired) electrons. The Hall–Kier alpha value is -0.990. The molecule has 9 nitrogen and oxygen atoms in total. The Morgan fingerprint density at radius 3 is 1.54 bits per heavy atom. The zero-order valence-corrected chi connectivity index (χ0v) is 33.3. The van der Waals surface area contributed by atoms with Crippen molar-refractivity contribution in [2.24, 2.45) is 0 Å². The van der Waals surface area contributed by atoms with Crippen LogP contribution in [0.4, 0.5) is 0 Å². The lowest BCUT2D eigenvalue weighted by Crippen LogP contribution is -2.37. The Labute approximate surface area is 383 Å². The van der Waals surface area contributed by atoms with Crippen LogP contribution in [0.5, 0.6) is 0 Å². The third-order valence-electron chi connectivity index (χ3n) is 7.17. The minimum atomic E-state index is -5.36. The van der Waals surface area contributed by atoms with Crippen LogP contribution in [0.25, 0.3) is 0 Å². The third kappa shape index (κ3) is 40.7. The van der Waals surface area contributed by atoms with E-state index >= 15 is 0 Å². The first-order valence-electron chi connectivity index (χ1n) is 36.0. The van der Waals surface area contributed by atoms with Crippen molar-refractivity contribution in [1.82, 2.24) is 0 Å². The van der Waals surface area contributed by atoms with E-state index in [9.17, 15) is 19.0 Å². The molecule has 0 aliphatic heterocycles. The summed E-state index contributed by atoms with van der Waals surface area (Å²) in [7, 11) is -0.0587. The van der Waals surface area contributed by atoms with Crippen LogP contribution in [0.15, 0.2) is 0 Å². The lowest BCUT2D eigenvalue weighted by Gasteiger charge is -2.24. The number of likely N-dealkylation sites (N-methyl/N-ethyl adjacent to an activating group) is 1. The fourth-order valence-electron chi connectivity index (χ4n) is 4.33. The molecule has 10 heteroatoms. The second-order valence-electron chi connectivity index (χ2n) is 13.0. The Bertz CT molecular complexity index is 2330. The van der Waals surface area contributed by atoms with Gasteiger partial charge in [-0.25, -0.2) is 4.57 Å². The molecule has 322 valence electrons. The van der Waals surface area contributed by atoms with Gasteiger partial charge in [0.05, 0.1) is 27.7 Å². The van der Waals surface area contributed by atoms with E-state index in [0.29, 0.717) is 12.8 Å². The van der Waals surface area contributed by atoms with Crippen LogP contribution in [0.3, 0.4) is 0 Å². The number of unbranched alkanes of at least 4 members (excludes halogenated alkanes) is 14. The van der Waals surface area contributed by atoms with Crippen molar-refractivity contribution in [3.05, 3.63) is 0 Å². The number of hydrogen-bond acceptors (Lipinski definition) is 7. The van der Waals surface area contributed by atoms with Crippen LogP contribution in [0, 0.1) is 0 Å². The third-order valence-corrected chi connectivity index (χ3v) is 8.15. The molecule has 0 aliphatic carbocycles. The summed E-state index contributed by atoms with van der Waals surface area (Å²) in [5.74, 6) is -3.53. The molecule has 0 saturated heterocycles. The van der Waals surface area contributed by atoms with Gasteiger partial charge in [-0.05, 0) is 12.8 Å². The predicted molar refractivity (Wildman–Crippen MR) is 225 cm³/mol. The molecular weight excluding hydrogens is 701 g/mol. The van der Waals surface area contributed by atoms with E-state index in [4.69, 9.17) is 66.5 Å². The summed E-state index contributed by atoms with van der Waals surface area (Å²) < 4.78 is 322. The number of quaternary nitrogens is 1. The molecule has 0 spiro atoms. The number of nitrogens with zero attached hydrogens (tertiary/aromatic N) is 1. The molecule has 0 bridgehead atoms. The first-order valence-corrected chi connectivity index (χ1v) is 19.9. The van der Waals surface area contributed by atoms with Gasteiger partial charge < -0.3 is 18.9 Å². The van der Waals surface area contributed by atoms with Crippen LogP contribution in [0.1, 0.15) is 266 Å². The topological polar surface area (TPSA) is 108 Å². The highest BCUT2D eigenvalue weighted by molar-refractivity contribution is 7.47. The van der Waals surface area contributed by atoms with Gasteiger partial charge in [-0.2, -0.15) is 0 Å². The van der Waals surface area contributed by atoms with E-state index < -0.39 is 155 Å². The molecular formula is C44H89NO8P+. The summed E-state index contributed by atoms with van der Waals surface area (Å²) in [6.45, 7) is -4.79. The summed E-state index contributed by atoms with van der Waals surface area (Å²) in [4.78, 5) is 36.9. The maximum absolute atomic E-state index is 13.7. The Balaban J connectivity index is 7.08. The normalized spacial score (nSPS) is 27.6. The van der Waals surface area contributed by atoms with Gasteiger partial charge in [0.2, 0.25) is 0 Å². The quantitative estimate of drug-likeness (QED) is 0.0280. The minimum Gasteiger partial charge on any atom is -0.462 e. The number of rotatable bonds is 42. The monoisotopic (exact) mass is 826 g/mol. The molecule has 0 aromatic heterocycles. The molecule has 0 amide bonds. The number of ether oxygens (including phenoxy) is 2. The van der Waals surface area contributed by atoms with Gasteiger partial charge in [0.15, 0.2) is 6.10 Å². The summed E-state index contributed by atoms with van der Waals surface area (Å²) in [5.41, 5.74) is 0. The number of carbonyl (C=O) groups is 2. The Morgan fingerprint density at radius 2 is 1.07 bits per heavy atom. The van der Waals surface area contributed by atoms with Crippen molar-refractivity contribution in [2.75, 3.05) is 47.5 Å². The van der Waals surface area contributed by atoms with Crippen molar-refractivity contribution < 1.29 is 90.0 Å². The van der Waals surface area contributed by atoms with E-state index in [2.05, 4.69) is 6.92 Å².